The molecule has 0 saturated carbocycles. The molecule has 1 heterocycles. The second kappa shape index (κ2) is 6.31. The van der Waals surface area contributed by atoms with Crippen molar-refractivity contribution in [2.24, 2.45) is 0 Å². The zero-order valence-electron chi connectivity index (χ0n) is 12.1. The molecule has 1 atom stereocenters. The lowest BCUT2D eigenvalue weighted by Gasteiger charge is -2.19. The number of nitrogens with zero attached hydrogens (tertiary/aromatic N) is 2. The van der Waals surface area contributed by atoms with Gasteiger partial charge in [0.05, 0.1) is 16.6 Å². The van der Waals surface area contributed by atoms with Crippen molar-refractivity contribution in [1.29, 1.82) is 0 Å². The van der Waals surface area contributed by atoms with Crippen LogP contribution in [0, 0.1) is 0 Å². The maximum Gasteiger partial charge on any atom is 0.335 e. The van der Waals surface area contributed by atoms with Gasteiger partial charge in [0, 0.05) is 18.2 Å². The van der Waals surface area contributed by atoms with Gasteiger partial charge in [-0.05, 0) is 30.9 Å². The number of hydrogen-bond acceptors (Lipinski definition) is 3. The molecular weight excluding hydrogens is 272 g/mol. The summed E-state index contributed by atoms with van der Waals surface area (Å²) >= 11 is 1.81. The molecule has 0 spiro atoms. The van der Waals surface area contributed by atoms with Crippen LogP contribution in [-0.4, -0.2) is 32.6 Å². The van der Waals surface area contributed by atoms with Crippen LogP contribution in [0.4, 0.5) is 0 Å². The van der Waals surface area contributed by atoms with Gasteiger partial charge in [0.15, 0.2) is 0 Å². The number of thioether (sulfide) groups is 1. The fourth-order valence-corrected chi connectivity index (χ4v) is 3.27. The fraction of sp³-hybridized carbons (Fsp3) is 0.467. The summed E-state index contributed by atoms with van der Waals surface area (Å²) in [6.07, 6.45) is 3.95. The number of imidazole rings is 1. The van der Waals surface area contributed by atoms with Gasteiger partial charge in [0.2, 0.25) is 0 Å². The van der Waals surface area contributed by atoms with Crippen molar-refractivity contribution >= 4 is 28.8 Å². The molecule has 1 aromatic carbocycles. The van der Waals surface area contributed by atoms with Crippen molar-refractivity contribution in [1.82, 2.24) is 9.55 Å². The fourth-order valence-electron chi connectivity index (χ4n) is 2.50. The van der Waals surface area contributed by atoms with E-state index in [9.17, 15) is 4.79 Å². The predicted octanol–water partition coefficient (Wildman–Crippen LogP) is 3.61. The largest absolute Gasteiger partial charge is 0.478 e. The lowest BCUT2D eigenvalue weighted by Crippen LogP contribution is -2.14. The van der Waals surface area contributed by atoms with Crippen molar-refractivity contribution in [2.75, 3.05) is 12.0 Å². The standard InChI is InChI=1S/C15H20N2O2S/c1-4-11(9-20-3)17-13-8-10(15(18)19)6-7-12(13)16-14(17)5-2/h6-8,11H,4-5,9H2,1-3H3,(H,18,19). The maximum atomic E-state index is 11.2. The molecule has 0 radical (unpaired) electrons. The number of aromatic carboxylic acids is 1. The van der Waals surface area contributed by atoms with E-state index >= 15 is 0 Å². The highest BCUT2D eigenvalue weighted by Crippen LogP contribution is 2.26. The number of rotatable bonds is 6. The number of aromatic nitrogens is 2. The van der Waals surface area contributed by atoms with E-state index in [1.807, 2.05) is 0 Å². The second-order valence-corrected chi connectivity index (χ2v) is 5.69. The van der Waals surface area contributed by atoms with E-state index in [0.717, 1.165) is 35.5 Å². The Bertz CT molecular complexity index is 622. The number of aryl methyl sites for hydroxylation is 1. The van der Waals surface area contributed by atoms with E-state index in [4.69, 9.17) is 5.11 Å². The molecule has 1 aromatic heterocycles. The van der Waals surface area contributed by atoms with Crippen molar-refractivity contribution in [3.8, 4) is 0 Å². The van der Waals surface area contributed by atoms with Crippen LogP contribution in [0.15, 0.2) is 18.2 Å². The van der Waals surface area contributed by atoms with Crippen LogP contribution in [0.1, 0.15) is 42.5 Å². The van der Waals surface area contributed by atoms with Crippen LogP contribution in [0.25, 0.3) is 11.0 Å². The zero-order valence-corrected chi connectivity index (χ0v) is 12.9. The lowest BCUT2D eigenvalue weighted by molar-refractivity contribution is 0.0697. The second-order valence-electron chi connectivity index (χ2n) is 4.78. The van der Waals surface area contributed by atoms with E-state index < -0.39 is 5.97 Å². The highest BCUT2D eigenvalue weighted by Gasteiger charge is 2.18. The van der Waals surface area contributed by atoms with Crippen LogP contribution in [-0.2, 0) is 6.42 Å². The molecule has 1 unspecified atom stereocenters. The molecule has 5 heteroatoms. The van der Waals surface area contributed by atoms with Crippen molar-refractivity contribution < 1.29 is 9.90 Å². The molecule has 2 aromatic rings. The van der Waals surface area contributed by atoms with Crippen LogP contribution in [0.2, 0.25) is 0 Å². The lowest BCUT2D eigenvalue weighted by atomic mass is 10.2. The quantitative estimate of drug-likeness (QED) is 0.883. The van der Waals surface area contributed by atoms with Crippen LogP contribution < -0.4 is 0 Å². The molecular formula is C15H20N2O2S. The number of carbonyl (C=O) groups is 1. The summed E-state index contributed by atoms with van der Waals surface area (Å²) in [4.78, 5) is 15.8. The Morgan fingerprint density at radius 1 is 1.45 bits per heavy atom. The Morgan fingerprint density at radius 2 is 2.20 bits per heavy atom. The van der Waals surface area contributed by atoms with E-state index in [0.29, 0.717) is 11.6 Å². The summed E-state index contributed by atoms with van der Waals surface area (Å²) < 4.78 is 2.22. The molecule has 0 amide bonds. The smallest absolute Gasteiger partial charge is 0.335 e. The zero-order chi connectivity index (χ0) is 14.7. The van der Waals surface area contributed by atoms with Crippen molar-refractivity contribution in [2.45, 2.75) is 32.7 Å². The van der Waals surface area contributed by atoms with Gasteiger partial charge in [-0.3, -0.25) is 0 Å². The monoisotopic (exact) mass is 292 g/mol. The Kier molecular flexibility index (Phi) is 4.70. The third-order valence-electron chi connectivity index (χ3n) is 3.52. The normalized spacial score (nSPS) is 12.8. The van der Waals surface area contributed by atoms with Gasteiger partial charge in [0.25, 0.3) is 0 Å². The minimum atomic E-state index is -0.893. The third-order valence-corrected chi connectivity index (χ3v) is 4.24. The summed E-state index contributed by atoms with van der Waals surface area (Å²) in [5, 5.41) is 9.16. The highest BCUT2D eigenvalue weighted by molar-refractivity contribution is 7.98. The first-order valence-electron chi connectivity index (χ1n) is 6.85. The Labute approximate surface area is 123 Å². The molecule has 108 valence electrons. The summed E-state index contributed by atoms with van der Waals surface area (Å²) in [6.45, 7) is 4.24. The van der Waals surface area contributed by atoms with Gasteiger partial charge in [-0.25, -0.2) is 9.78 Å². The molecule has 0 fully saturated rings. The van der Waals surface area contributed by atoms with Crippen LogP contribution >= 0.6 is 11.8 Å². The van der Waals surface area contributed by atoms with E-state index in [2.05, 4.69) is 29.7 Å². The van der Waals surface area contributed by atoms with Gasteiger partial charge in [0.1, 0.15) is 5.82 Å². The minimum Gasteiger partial charge on any atom is -0.478 e. The van der Waals surface area contributed by atoms with Gasteiger partial charge in [-0.1, -0.05) is 13.8 Å². The molecule has 0 saturated heterocycles. The molecule has 0 aliphatic carbocycles. The van der Waals surface area contributed by atoms with Crippen molar-refractivity contribution in [3.05, 3.63) is 29.6 Å². The average molecular weight is 292 g/mol. The molecule has 20 heavy (non-hydrogen) atoms. The minimum absolute atomic E-state index is 0.320. The third kappa shape index (κ3) is 2.68. The van der Waals surface area contributed by atoms with E-state index in [1.54, 1.807) is 30.0 Å². The number of benzene rings is 1. The highest BCUT2D eigenvalue weighted by atomic mass is 32.2. The van der Waals surface area contributed by atoms with Crippen molar-refractivity contribution in [3.63, 3.8) is 0 Å². The van der Waals surface area contributed by atoms with E-state index in [1.165, 1.54) is 0 Å². The first-order valence-corrected chi connectivity index (χ1v) is 8.24. The molecule has 4 nitrogen and oxygen atoms in total. The Hall–Kier alpha value is -1.49. The Balaban J connectivity index is 2.64. The van der Waals surface area contributed by atoms with Gasteiger partial charge < -0.3 is 9.67 Å². The van der Waals surface area contributed by atoms with Crippen LogP contribution in [0.3, 0.4) is 0 Å². The van der Waals surface area contributed by atoms with Gasteiger partial charge >= 0.3 is 5.97 Å². The molecule has 0 aliphatic rings. The molecule has 0 bridgehead atoms. The summed E-state index contributed by atoms with van der Waals surface area (Å²) in [7, 11) is 0. The SMILES string of the molecule is CCc1nc2ccc(C(=O)O)cc2n1C(CC)CSC. The van der Waals surface area contributed by atoms with Gasteiger partial charge in [-0.2, -0.15) is 11.8 Å². The predicted molar refractivity (Wildman–Crippen MR) is 83.8 cm³/mol. The summed E-state index contributed by atoms with van der Waals surface area (Å²) in [5.74, 6) is 1.14. The van der Waals surface area contributed by atoms with E-state index in [-0.39, 0.29) is 0 Å². The number of hydrogen-bond donors (Lipinski definition) is 1. The number of fused-ring (bicyclic) bond motifs is 1. The first kappa shape index (κ1) is 14.9. The summed E-state index contributed by atoms with van der Waals surface area (Å²) in [5.41, 5.74) is 2.13. The molecule has 0 aliphatic heterocycles. The number of carboxylic acid groups (broad SMARTS) is 1. The molecule has 1 N–H and O–H groups in total. The first-order chi connectivity index (χ1) is 9.62. The van der Waals surface area contributed by atoms with Gasteiger partial charge in [-0.15, -0.1) is 0 Å². The Morgan fingerprint density at radius 3 is 2.75 bits per heavy atom. The average Bonchev–Trinajstić information content (AvgIpc) is 2.82. The topological polar surface area (TPSA) is 55.1 Å². The maximum absolute atomic E-state index is 11.2. The summed E-state index contributed by atoms with van der Waals surface area (Å²) in [6, 6.07) is 5.53. The molecule has 2 rings (SSSR count). The van der Waals surface area contributed by atoms with Crippen LogP contribution in [0.5, 0.6) is 0 Å². The number of carboxylic acids is 1.